The highest BCUT2D eigenvalue weighted by molar-refractivity contribution is 5.92. The van der Waals surface area contributed by atoms with Gasteiger partial charge in [0.05, 0.1) is 37.6 Å². The van der Waals surface area contributed by atoms with E-state index in [4.69, 9.17) is 37.9 Å². The van der Waals surface area contributed by atoms with Crippen LogP contribution in [0.4, 0.5) is 0 Å². The second kappa shape index (κ2) is 25.9. The zero-order valence-electron chi connectivity index (χ0n) is 33.2. The first kappa shape index (κ1) is 46.4. The van der Waals surface area contributed by atoms with Gasteiger partial charge in [0.25, 0.3) is 0 Å². The van der Waals surface area contributed by atoms with Gasteiger partial charge in [0, 0.05) is 25.4 Å². The molecule has 4 rings (SSSR count). The standard InChI is InChI=1S/C46H50O14/c1-3-43(49)57-31-37(47)29-53-25-5-7-27-55-39-17-13-35(14-18-39)45(51)59-41-21-9-33(10-22-41)34-11-23-42(24-12-34)60-46(52)36-15-19-40(20-16-36)56-28-8-6-26-54-30-38(48)32-58-44(50)4-2/h3-4,9-24,37-38,47-48H,1-2,5-8,25-32H2. The molecular formula is C46H50O14. The fraction of sp³-hybridized carbons (Fsp3) is 0.304. The van der Waals surface area contributed by atoms with Gasteiger partial charge < -0.3 is 48.1 Å². The summed E-state index contributed by atoms with van der Waals surface area (Å²) in [6.45, 7) is 8.09. The van der Waals surface area contributed by atoms with Crippen LogP contribution in [0.2, 0.25) is 0 Å². The molecule has 0 bridgehead atoms. The lowest BCUT2D eigenvalue weighted by Gasteiger charge is -2.11. The molecule has 2 unspecified atom stereocenters. The number of benzene rings is 4. The van der Waals surface area contributed by atoms with Crippen molar-refractivity contribution in [2.45, 2.75) is 37.9 Å². The van der Waals surface area contributed by atoms with E-state index in [1.54, 1.807) is 72.8 Å². The predicted molar refractivity (Wildman–Crippen MR) is 220 cm³/mol. The van der Waals surface area contributed by atoms with E-state index >= 15 is 0 Å². The normalized spacial score (nSPS) is 11.7. The zero-order valence-corrected chi connectivity index (χ0v) is 33.2. The number of unbranched alkanes of at least 4 members (excludes halogenated alkanes) is 2. The minimum atomic E-state index is -0.905. The lowest BCUT2D eigenvalue weighted by atomic mass is 10.1. The third-order valence-corrected chi connectivity index (χ3v) is 8.34. The molecule has 2 atom stereocenters. The topological polar surface area (TPSA) is 183 Å². The smallest absolute Gasteiger partial charge is 0.343 e. The van der Waals surface area contributed by atoms with E-state index in [1.165, 1.54) is 0 Å². The third kappa shape index (κ3) is 17.3. The summed E-state index contributed by atoms with van der Waals surface area (Å²) in [5.41, 5.74) is 2.47. The molecular weight excluding hydrogens is 776 g/mol. The van der Waals surface area contributed by atoms with Crippen LogP contribution in [0.15, 0.2) is 122 Å². The summed E-state index contributed by atoms with van der Waals surface area (Å²) < 4.78 is 42.9. The van der Waals surface area contributed by atoms with Crippen molar-refractivity contribution in [3.8, 4) is 34.1 Å². The second-order valence-corrected chi connectivity index (χ2v) is 13.1. The molecule has 4 aromatic carbocycles. The van der Waals surface area contributed by atoms with Gasteiger partial charge in [-0.2, -0.15) is 0 Å². The van der Waals surface area contributed by atoms with Crippen LogP contribution in [-0.2, 0) is 28.5 Å². The molecule has 0 aliphatic carbocycles. The Morgan fingerprint density at radius 1 is 0.467 bits per heavy atom. The third-order valence-electron chi connectivity index (χ3n) is 8.34. The maximum Gasteiger partial charge on any atom is 0.343 e. The number of hydrogen-bond acceptors (Lipinski definition) is 14. The molecule has 0 saturated carbocycles. The number of esters is 4. The fourth-order valence-corrected chi connectivity index (χ4v) is 5.14. The number of ether oxygens (including phenoxy) is 8. The average molecular weight is 827 g/mol. The summed E-state index contributed by atoms with van der Waals surface area (Å²) in [5.74, 6) is -0.258. The van der Waals surface area contributed by atoms with Gasteiger partial charge in [0.2, 0.25) is 0 Å². The molecule has 14 nitrogen and oxygen atoms in total. The maximum absolute atomic E-state index is 12.8. The summed E-state index contributed by atoms with van der Waals surface area (Å²) in [5, 5.41) is 19.5. The lowest BCUT2D eigenvalue weighted by Crippen LogP contribution is -2.23. The van der Waals surface area contributed by atoms with E-state index in [1.807, 2.05) is 24.3 Å². The zero-order chi connectivity index (χ0) is 43.0. The van der Waals surface area contributed by atoms with E-state index < -0.39 is 36.1 Å². The van der Waals surface area contributed by atoms with Crippen molar-refractivity contribution in [1.29, 1.82) is 0 Å². The van der Waals surface area contributed by atoms with Crippen LogP contribution in [-0.4, -0.2) is 99.2 Å². The minimum absolute atomic E-state index is 0.0523. The van der Waals surface area contributed by atoms with Gasteiger partial charge in [-0.3, -0.25) is 0 Å². The highest BCUT2D eigenvalue weighted by Crippen LogP contribution is 2.26. The molecule has 60 heavy (non-hydrogen) atoms. The van der Waals surface area contributed by atoms with Crippen LogP contribution >= 0.6 is 0 Å². The number of rotatable bonds is 27. The second-order valence-electron chi connectivity index (χ2n) is 13.1. The molecule has 0 spiro atoms. The van der Waals surface area contributed by atoms with Gasteiger partial charge in [-0.25, -0.2) is 19.2 Å². The van der Waals surface area contributed by atoms with Crippen LogP contribution in [0.5, 0.6) is 23.0 Å². The maximum atomic E-state index is 12.8. The van der Waals surface area contributed by atoms with Gasteiger partial charge in [-0.1, -0.05) is 37.4 Å². The van der Waals surface area contributed by atoms with Crippen molar-refractivity contribution >= 4 is 23.9 Å². The highest BCUT2D eigenvalue weighted by Gasteiger charge is 2.13. The molecule has 0 fully saturated rings. The minimum Gasteiger partial charge on any atom is -0.494 e. The van der Waals surface area contributed by atoms with Crippen molar-refractivity contribution in [3.63, 3.8) is 0 Å². The highest BCUT2D eigenvalue weighted by atomic mass is 16.6. The van der Waals surface area contributed by atoms with Gasteiger partial charge >= 0.3 is 23.9 Å². The Morgan fingerprint density at radius 3 is 1.15 bits per heavy atom. The first-order valence-electron chi connectivity index (χ1n) is 19.3. The molecule has 0 amide bonds. The average Bonchev–Trinajstić information content (AvgIpc) is 3.27. The molecule has 318 valence electrons. The van der Waals surface area contributed by atoms with E-state index in [9.17, 15) is 29.4 Å². The van der Waals surface area contributed by atoms with E-state index in [0.29, 0.717) is 86.2 Å². The van der Waals surface area contributed by atoms with Crippen LogP contribution in [0.25, 0.3) is 11.1 Å². The van der Waals surface area contributed by atoms with Crippen molar-refractivity contribution in [2.24, 2.45) is 0 Å². The van der Waals surface area contributed by atoms with Gasteiger partial charge in [-0.05, 0) is 110 Å². The van der Waals surface area contributed by atoms with Crippen molar-refractivity contribution < 1.29 is 67.3 Å². The van der Waals surface area contributed by atoms with Crippen molar-refractivity contribution in [1.82, 2.24) is 0 Å². The summed E-state index contributed by atoms with van der Waals surface area (Å²) in [7, 11) is 0. The number of carbonyl (C=O) groups is 4. The van der Waals surface area contributed by atoms with Crippen LogP contribution < -0.4 is 18.9 Å². The predicted octanol–water partition coefficient (Wildman–Crippen LogP) is 6.32. The van der Waals surface area contributed by atoms with Crippen LogP contribution in [0, 0.1) is 0 Å². The van der Waals surface area contributed by atoms with Gasteiger partial charge in [0.15, 0.2) is 0 Å². The largest absolute Gasteiger partial charge is 0.494 e. The molecule has 14 heteroatoms. The summed E-state index contributed by atoms with van der Waals surface area (Å²) >= 11 is 0. The van der Waals surface area contributed by atoms with Crippen molar-refractivity contribution in [3.05, 3.63) is 133 Å². The number of hydrogen-bond donors (Lipinski definition) is 2. The Kier molecular flexibility index (Phi) is 20.0. The molecule has 0 aromatic heterocycles. The van der Waals surface area contributed by atoms with Crippen LogP contribution in [0.3, 0.4) is 0 Å². The Morgan fingerprint density at radius 2 is 0.800 bits per heavy atom. The van der Waals surface area contributed by atoms with Crippen molar-refractivity contribution in [2.75, 3.05) is 52.9 Å². The summed E-state index contributed by atoms with van der Waals surface area (Å²) in [6.07, 6.45) is 3.08. The lowest BCUT2D eigenvalue weighted by molar-refractivity contribution is -0.142. The molecule has 0 heterocycles. The Labute approximate surface area is 348 Å². The molecule has 4 aromatic rings. The number of aliphatic hydroxyl groups is 2. The summed E-state index contributed by atoms with van der Waals surface area (Å²) in [6, 6.07) is 27.4. The number of aliphatic hydroxyl groups excluding tert-OH is 2. The first-order chi connectivity index (χ1) is 29.1. The van der Waals surface area contributed by atoms with Crippen LogP contribution in [0.1, 0.15) is 46.4 Å². The monoisotopic (exact) mass is 826 g/mol. The van der Waals surface area contributed by atoms with Gasteiger partial charge in [0.1, 0.15) is 48.4 Å². The van der Waals surface area contributed by atoms with E-state index in [-0.39, 0.29) is 26.4 Å². The molecule has 0 saturated heterocycles. The quantitative estimate of drug-likeness (QED) is 0.0295. The SMILES string of the molecule is C=CC(=O)OCC(O)COCCCCOc1ccc(C(=O)Oc2ccc(-c3ccc(OC(=O)c4ccc(OCCCCOCC(O)COC(=O)C=C)cc4)cc3)cc2)cc1. The fourth-order valence-electron chi connectivity index (χ4n) is 5.14. The molecule has 0 radical (unpaired) electrons. The molecule has 0 aliphatic rings. The Hall–Kier alpha value is -6.32. The molecule has 2 N–H and O–H groups in total. The Bertz CT molecular complexity index is 1800. The van der Waals surface area contributed by atoms with E-state index in [0.717, 1.165) is 23.3 Å². The van der Waals surface area contributed by atoms with E-state index in [2.05, 4.69) is 13.2 Å². The number of carbonyl (C=O) groups excluding carboxylic acids is 4. The van der Waals surface area contributed by atoms with Gasteiger partial charge in [-0.15, -0.1) is 0 Å². The summed E-state index contributed by atoms with van der Waals surface area (Å²) in [4.78, 5) is 47.6. The molecule has 0 aliphatic heterocycles. The first-order valence-corrected chi connectivity index (χ1v) is 19.3. The Balaban J connectivity index is 1.10.